The number of hydrogen-bond acceptors (Lipinski definition) is 4. The zero-order valence-electron chi connectivity index (χ0n) is 18.0. The van der Waals surface area contributed by atoms with Crippen LogP contribution in [0, 0.1) is 46.3 Å². The maximum atomic E-state index is 11.3. The Bertz CT molecular complexity index is 676. The summed E-state index contributed by atoms with van der Waals surface area (Å²) in [6.45, 7) is 6.76. The lowest BCUT2D eigenvalue weighted by Crippen LogP contribution is -2.64. The van der Waals surface area contributed by atoms with Gasteiger partial charge in [0.25, 0.3) is 0 Å². The molecule has 0 aromatic carbocycles. The molecule has 0 aliphatic heterocycles. The summed E-state index contributed by atoms with van der Waals surface area (Å²) in [5, 5.41) is 41.5. The maximum absolute atomic E-state index is 11.3. The molecule has 0 amide bonds. The van der Waals surface area contributed by atoms with Crippen molar-refractivity contribution in [3.8, 4) is 0 Å². The number of aliphatic carboxylic acids is 1. The normalized spacial score (nSPS) is 53.2. The van der Waals surface area contributed by atoms with E-state index in [-0.39, 0.29) is 34.7 Å². The quantitative estimate of drug-likeness (QED) is 0.540. The van der Waals surface area contributed by atoms with Crippen LogP contribution in [0.2, 0.25) is 0 Å². The summed E-state index contributed by atoms with van der Waals surface area (Å²) >= 11 is 0. The van der Waals surface area contributed by atoms with E-state index < -0.39 is 18.2 Å². The highest BCUT2D eigenvalue weighted by Crippen LogP contribution is 2.68. The molecular formula is C24H38O5. The van der Waals surface area contributed by atoms with E-state index in [4.69, 9.17) is 5.11 Å². The van der Waals surface area contributed by atoms with E-state index in [0.29, 0.717) is 24.2 Å². The molecule has 0 saturated heterocycles. The lowest BCUT2D eigenvalue weighted by molar-refractivity contribution is -0.223. The van der Waals surface area contributed by atoms with Crippen LogP contribution in [0.25, 0.3) is 0 Å². The van der Waals surface area contributed by atoms with E-state index in [9.17, 15) is 20.1 Å². The Balaban J connectivity index is 1.63. The number of carboxylic acid groups (broad SMARTS) is 1. The Hall–Kier alpha value is -0.910. The zero-order chi connectivity index (χ0) is 21.1. The number of aliphatic hydroxyl groups is 3. The molecule has 5 nitrogen and oxygen atoms in total. The monoisotopic (exact) mass is 406 g/mol. The van der Waals surface area contributed by atoms with Crippen LogP contribution in [0.4, 0.5) is 0 Å². The van der Waals surface area contributed by atoms with Crippen LogP contribution in [-0.2, 0) is 4.79 Å². The summed E-state index contributed by atoms with van der Waals surface area (Å²) < 4.78 is 0. The molecular weight excluding hydrogens is 368 g/mol. The maximum Gasteiger partial charge on any atom is 0.327 e. The highest BCUT2D eigenvalue weighted by Gasteiger charge is 2.65. The van der Waals surface area contributed by atoms with Gasteiger partial charge in [-0.1, -0.05) is 26.8 Å². The van der Waals surface area contributed by atoms with Gasteiger partial charge in [0.15, 0.2) is 0 Å². The minimum atomic E-state index is -0.899. The van der Waals surface area contributed by atoms with Gasteiger partial charge in [-0.2, -0.15) is 0 Å². The van der Waals surface area contributed by atoms with Gasteiger partial charge in [-0.15, -0.1) is 0 Å². The predicted molar refractivity (Wildman–Crippen MR) is 110 cm³/mol. The zero-order valence-corrected chi connectivity index (χ0v) is 18.0. The van der Waals surface area contributed by atoms with Gasteiger partial charge in [0.2, 0.25) is 0 Å². The van der Waals surface area contributed by atoms with Gasteiger partial charge in [0.1, 0.15) is 0 Å². The fraction of sp³-hybridized carbons (Fsp3) is 0.875. The highest BCUT2D eigenvalue weighted by molar-refractivity contribution is 5.79. The van der Waals surface area contributed by atoms with Crippen molar-refractivity contribution < 1.29 is 25.2 Å². The molecule has 164 valence electrons. The van der Waals surface area contributed by atoms with Gasteiger partial charge in [-0.05, 0) is 91.3 Å². The van der Waals surface area contributed by atoms with Crippen molar-refractivity contribution in [2.75, 3.05) is 0 Å². The van der Waals surface area contributed by atoms with Crippen molar-refractivity contribution >= 4 is 5.97 Å². The SMILES string of the molecule is CC(C=CC(=O)O)C1CCC2C3C(O)C(O)C4CC(O)CCC4(C)C3CCC12C. The van der Waals surface area contributed by atoms with Gasteiger partial charge in [0, 0.05) is 6.08 Å². The molecule has 4 N–H and O–H groups in total. The molecule has 4 fully saturated rings. The molecule has 4 saturated carbocycles. The van der Waals surface area contributed by atoms with Crippen LogP contribution in [0.5, 0.6) is 0 Å². The van der Waals surface area contributed by atoms with Gasteiger partial charge >= 0.3 is 5.97 Å². The van der Waals surface area contributed by atoms with Gasteiger partial charge < -0.3 is 20.4 Å². The molecule has 0 aromatic rings. The fourth-order valence-corrected chi connectivity index (χ4v) is 8.51. The number of fused-ring (bicyclic) bond motifs is 5. The standard InChI is InChI=1S/C24H38O5/c1-13(4-7-19(26)27)15-5-6-16-20-17(9-11-23(15,16)2)24(3)10-8-14(25)12-18(24)21(28)22(20)29/h4,7,13-18,20-22,25,28-29H,5-6,8-12H2,1-3H3,(H,26,27). The second kappa shape index (κ2) is 7.35. The first kappa shape index (κ1) is 21.3. The molecule has 4 rings (SSSR count). The average molecular weight is 407 g/mol. The number of rotatable bonds is 3. The summed E-state index contributed by atoms with van der Waals surface area (Å²) in [7, 11) is 0. The largest absolute Gasteiger partial charge is 0.478 e. The van der Waals surface area contributed by atoms with Crippen LogP contribution in [0.1, 0.15) is 65.7 Å². The van der Waals surface area contributed by atoms with Crippen LogP contribution >= 0.6 is 0 Å². The third kappa shape index (κ3) is 3.19. The molecule has 0 radical (unpaired) electrons. The van der Waals surface area contributed by atoms with Crippen molar-refractivity contribution in [3.63, 3.8) is 0 Å². The van der Waals surface area contributed by atoms with E-state index in [0.717, 1.165) is 38.5 Å². The van der Waals surface area contributed by atoms with Crippen molar-refractivity contribution in [3.05, 3.63) is 12.2 Å². The van der Waals surface area contributed by atoms with Crippen molar-refractivity contribution in [1.82, 2.24) is 0 Å². The van der Waals surface area contributed by atoms with Gasteiger partial charge in [-0.3, -0.25) is 0 Å². The lowest BCUT2D eigenvalue weighted by Gasteiger charge is -2.63. The van der Waals surface area contributed by atoms with Crippen LogP contribution < -0.4 is 0 Å². The van der Waals surface area contributed by atoms with Crippen LogP contribution in [-0.4, -0.2) is 44.7 Å². The Labute approximate surface area is 174 Å². The van der Waals surface area contributed by atoms with E-state index in [1.165, 1.54) is 6.08 Å². The molecule has 0 aromatic heterocycles. The Morgan fingerprint density at radius 3 is 2.28 bits per heavy atom. The van der Waals surface area contributed by atoms with E-state index in [1.807, 2.05) is 6.08 Å². The summed E-state index contributed by atoms with van der Waals surface area (Å²) in [6.07, 6.45) is 7.81. The molecule has 4 aliphatic rings. The molecule has 29 heavy (non-hydrogen) atoms. The minimum absolute atomic E-state index is 0.0171. The second-order valence-electron chi connectivity index (χ2n) is 11.1. The van der Waals surface area contributed by atoms with Crippen molar-refractivity contribution in [2.24, 2.45) is 46.3 Å². The topological polar surface area (TPSA) is 98.0 Å². The van der Waals surface area contributed by atoms with Gasteiger partial charge in [0.05, 0.1) is 18.3 Å². The molecule has 0 spiro atoms. The fourth-order valence-electron chi connectivity index (χ4n) is 8.51. The third-order valence-corrected chi connectivity index (χ3v) is 9.98. The first-order chi connectivity index (χ1) is 13.6. The molecule has 5 heteroatoms. The van der Waals surface area contributed by atoms with Crippen molar-refractivity contribution in [1.29, 1.82) is 0 Å². The number of allylic oxidation sites excluding steroid dienone is 1. The van der Waals surface area contributed by atoms with Gasteiger partial charge in [-0.25, -0.2) is 4.79 Å². The molecule has 11 unspecified atom stereocenters. The number of hydrogen-bond donors (Lipinski definition) is 4. The Kier molecular flexibility index (Phi) is 5.40. The van der Waals surface area contributed by atoms with Crippen LogP contribution in [0.3, 0.4) is 0 Å². The Morgan fingerprint density at radius 2 is 1.59 bits per heavy atom. The Morgan fingerprint density at radius 1 is 0.931 bits per heavy atom. The van der Waals surface area contributed by atoms with E-state index in [1.54, 1.807) is 0 Å². The average Bonchev–Trinajstić information content (AvgIpc) is 3.02. The molecule has 0 bridgehead atoms. The second-order valence-corrected chi connectivity index (χ2v) is 11.1. The third-order valence-electron chi connectivity index (χ3n) is 9.98. The van der Waals surface area contributed by atoms with E-state index in [2.05, 4.69) is 20.8 Å². The minimum Gasteiger partial charge on any atom is -0.478 e. The molecule has 4 aliphatic carbocycles. The molecule has 0 heterocycles. The summed E-state index contributed by atoms with van der Waals surface area (Å²) in [4.78, 5) is 11.0. The summed E-state index contributed by atoms with van der Waals surface area (Å²) in [5.41, 5.74) is 0.0539. The number of carboxylic acids is 1. The summed E-state index contributed by atoms with van der Waals surface area (Å²) in [6, 6.07) is 0. The first-order valence-corrected chi connectivity index (χ1v) is 11.5. The van der Waals surface area contributed by atoms with Crippen LogP contribution in [0.15, 0.2) is 12.2 Å². The highest BCUT2D eigenvalue weighted by atomic mass is 16.4. The summed E-state index contributed by atoms with van der Waals surface area (Å²) in [5.74, 6) is 0.525. The number of carbonyl (C=O) groups is 1. The predicted octanol–water partition coefficient (Wildman–Crippen LogP) is 3.22. The number of aliphatic hydroxyl groups excluding tert-OH is 3. The molecule has 11 atom stereocenters. The smallest absolute Gasteiger partial charge is 0.327 e. The first-order valence-electron chi connectivity index (χ1n) is 11.5. The van der Waals surface area contributed by atoms with Crippen molar-refractivity contribution in [2.45, 2.75) is 84.0 Å². The van der Waals surface area contributed by atoms with E-state index >= 15 is 0 Å². The lowest BCUT2D eigenvalue weighted by atomic mass is 9.43.